The molecule has 1 rings (SSSR count). The second kappa shape index (κ2) is 3.53. The van der Waals surface area contributed by atoms with Gasteiger partial charge in [-0.15, -0.1) is 0 Å². The van der Waals surface area contributed by atoms with Crippen LogP contribution in [-0.4, -0.2) is 22.9 Å². The van der Waals surface area contributed by atoms with E-state index in [0.717, 1.165) is 0 Å². The van der Waals surface area contributed by atoms with Crippen molar-refractivity contribution in [2.24, 2.45) is 0 Å². The van der Waals surface area contributed by atoms with E-state index in [1.807, 2.05) is 6.07 Å². The highest BCUT2D eigenvalue weighted by atomic mass is 16.5. The van der Waals surface area contributed by atoms with Crippen LogP contribution in [0.25, 0.3) is 0 Å². The van der Waals surface area contributed by atoms with Gasteiger partial charge in [0.05, 0.1) is 24.9 Å². The summed E-state index contributed by atoms with van der Waals surface area (Å²) in [7, 11) is 1.30. The van der Waals surface area contributed by atoms with Crippen molar-refractivity contribution in [3.8, 4) is 6.07 Å². The van der Waals surface area contributed by atoms with Crippen molar-refractivity contribution in [2.75, 3.05) is 7.11 Å². The Morgan fingerprint density at radius 2 is 2.67 bits per heavy atom. The molecule has 0 saturated carbocycles. The Kier molecular flexibility index (Phi) is 2.43. The van der Waals surface area contributed by atoms with Gasteiger partial charge in [0.25, 0.3) is 0 Å². The zero-order valence-electron chi connectivity index (χ0n) is 6.52. The third-order valence-electron chi connectivity index (χ3n) is 1.29. The van der Waals surface area contributed by atoms with E-state index in [1.54, 1.807) is 0 Å². The molecule has 0 aliphatic rings. The molecular weight excluding hydrogens is 158 g/mol. The number of ether oxygens (including phenoxy) is 1. The third kappa shape index (κ3) is 1.61. The molecule has 5 heteroatoms. The molecular formula is C7H7N3O2. The van der Waals surface area contributed by atoms with Crippen LogP contribution in [0.1, 0.15) is 10.4 Å². The zero-order chi connectivity index (χ0) is 8.97. The summed E-state index contributed by atoms with van der Waals surface area (Å²) in [4.78, 5) is 10.9. The number of esters is 1. The maximum Gasteiger partial charge on any atom is 0.341 e. The molecule has 0 spiro atoms. The molecule has 0 unspecified atom stereocenters. The molecule has 0 amide bonds. The van der Waals surface area contributed by atoms with Gasteiger partial charge in [0.1, 0.15) is 6.54 Å². The van der Waals surface area contributed by atoms with E-state index in [4.69, 9.17) is 5.26 Å². The average molecular weight is 165 g/mol. The smallest absolute Gasteiger partial charge is 0.341 e. The minimum absolute atomic E-state index is 0.136. The number of aromatic nitrogens is 2. The Labute approximate surface area is 69.2 Å². The first-order chi connectivity index (χ1) is 5.77. The molecule has 0 bridgehead atoms. The molecule has 0 radical (unpaired) electrons. The van der Waals surface area contributed by atoms with Crippen molar-refractivity contribution in [2.45, 2.75) is 6.54 Å². The fourth-order valence-corrected chi connectivity index (χ4v) is 0.746. The SMILES string of the molecule is COC(=O)c1cnn(CC#N)c1. The van der Waals surface area contributed by atoms with Crippen LogP contribution in [0.15, 0.2) is 12.4 Å². The van der Waals surface area contributed by atoms with Crippen molar-refractivity contribution in [3.05, 3.63) is 18.0 Å². The Balaban J connectivity index is 2.78. The van der Waals surface area contributed by atoms with Crippen LogP contribution >= 0.6 is 0 Å². The van der Waals surface area contributed by atoms with Gasteiger partial charge >= 0.3 is 5.97 Å². The maximum atomic E-state index is 10.9. The van der Waals surface area contributed by atoms with E-state index in [-0.39, 0.29) is 6.54 Å². The zero-order valence-corrected chi connectivity index (χ0v) is 6.52. The van der Waals surface area contributed by atoms with E-state index in [0.29, 0.717) is 5.56 Å². The lowest BCUT2D eigenvalue weighted by Gasteiger charge is -1.91. The predicted octanol–water partition coefficient (Wildman–Crippen LogP) is 0.193. The number of hydrogen-bond acceptors (Lipinski definition) is 4. The van der Waals surface area contributed by atoms with Crippen LogP contribution in [0.2, 0.25) is 0 Å². The van der Waals surface area contributed by atoms with Gasteiger partial charge in [-0.05, 0) is 0 Å². The van der Waals surface area contributed by atoms with Gasteiger partial charge in [-0.25, -0.2) is 4.79 Å². The van der Waals surface area contributed by atoms with Crippen LogP contribution in [0.5, 0.6) is 0 Å². The average Bonchev–Trinajstić information content (AvgIpc) is 2.52. The summed E-state index contributed by atoms with van der Waals surface area (Å²) in [6.07, 6.45) is 2.83. The monoisotopic (exact) mass is 165 g/mol. The highest BCUT2D eigenvalue weighted by Gasteiger charge is 2.07. The van der Waals surface area contributed by atoms with Crippen molar-refractivity contribution in [3.63, 3.8) is 0 Å². The molecule has 1 heterocycles. The van der Waals surface area contributed by atoms with E-state index in [1.165, 1.54) is 24.2 Å². The fourth-order valence-electron chi connectivity index (χ4n) is 0.746. The highest BCUT2D eigenvalue weighted by molar-refractivity contribution is 5.88. The molecule has 1 aromatic heterocycles. The number of nitriles is 1. The molecule has 0 N–H and O–H groups in total. The number of methoxy groups -OCH3 is 1. The normalized spacial score (nSPS) is 9.00. The Morgan fingerprint density at radius 1 is 1.92 bits per heavy atom. The fraction of sp³-hybridized carbons (Fsp3) is 0.286. The molecule has 62 valence electrons. The molecule has 0 aromatic carbocycles. The quantitative estimate of drug-likeness (QED) is 0.587. The van der Waals surface area contributed by atoms with Gasteiger partial charge in [-0.2, -0.15) is 10.4 Å². The van der Waals surface area contributed by atoms with Crippen LogP contribution in [0, 0.1) is 11.3 Å². The van der Waals surface area contributed by atoms with Gasteiger partial charge in [0.2, 0.25) is 0 Å². The molecule has 0 atom stereocenters. The summed E-state index contributed by atoms with van der Waals surface area (Å²) >= 11 is 0. The largest absolute Gasteiger partial charge is 0.465 e. The summed E-state index contributed by atoms with van der Waals surface area (Å²) in [5, 5.41) is 12.1. The molecule has 0 saturated heterocycles. The molecule has 12 heavy (non-hydrogen) atoms. The first-order valence-electron chi connectivity index (χ1n) is 3.25. The lowest BCUT2D eigenvalue weighted by atomic mass is 10.4. The summed E-state index contributed by atoms with van der Waals surface area (Å²) in [5.74, 6) is -0.445. The van der Waals surface area contributed by atoms with Gasteiger partial charge in [-0.3, -0.25) is 4.68 Å². The Bertz CT molecular complexity index is 324. The van der Waals surface area contributed by atoms with E-state index >= 15 is 0 Å². The van der Waals surface area contributed by atoms with Gasteiger partial charge in [0.15, 0.2) is 0 Å². The molecule has 1 aromatic rings. The summed E-state index contributed by atoms with van der Waals surface area (Å²) in [6.45, 7) is 0.136. The van der Waals surface area contributed by atoms with E-state index < -0.39 is 5.97 Å². The second-order valence-electron chi connectivity index (χ2n) is 2.08. The van der Waals surface area contributed by atoms with E-state index in [9.17, 15) is 4.79 Å². The summed E-state index contributed by atoms with van der Waals surface area (Å²) in [6, 6.07) is 1.90. The third-order valence-corrected chi connectivity index (χ3v) is 1.29. The molecule has 0 aliphatic heterocycles. The van der Waals surface area contributed by atoms with Crippen molar-refractivity contribution in [1.29, 1.82) is 5.26 Å². The topological polar surface area (TPSA) is 67.9 Å². The minimum atomic E-state index is -0.445. The van der Waals surface area contributed by atoms with Crippen molar-refractivity contribution >= 4 is 5.97 Å². The van der Waals surface area contributed by atoms with Crippen LogP contribution < -0.4 is 0 Å². The van der Waals surface area contributed by atoms with Crippen molar-refractivity contribution < 1.29 is 9.53 Å². The number of carbonyl (C=O) groups is 1. The lowest BCUT2D eigenvalue weighted by molar-refractivity contribution is 0.0600. The minimum Gasteiger partial charge on any atom is -0.465 e. The van der Waals surface area contributed by atoms with Crippen molar-refractivity contribution in [1.82, 2.24) is 9.78 Å². The number of carbonyl (C=O) groups excluding carboxylic acids is 1. The molecule has 0 aliphatic carbocycles. The van der Waals surface area contributed by atoms with Crippen LogP contribution in [0.3, 0.4) is 0 Å². The molecule has 0 fully saturated rings. The standard InChI is InChI=1S/C7H7N3O2/c1-12-7(11)6-4-9-10(5-6)3-2-8/h4-5H,3H2,1H3. The number of nitrogens with zero attached hydrogens (tertiary/aromatic N) is 3. The summed E-state index contributed by atoms with van der Waals surface area (Å²) < 4.78 is 5.82. The predicted molar refractivity (Wildman–Crippen MR) is 39.2 cm³/mol. The summed E-state index contributed by atoms with van der Waals surface area (Å²) in [5.41, 5.74) is 0.354. The van der Waals surface area contributed by atoms with Gasteiger partial charge in [0, 0.05) is 6.20 Å². The second-order valence-corrected chi connectivity index (χ2v) is 2.08. The van der Waals surface area contributed by atoms with Gasteiger partial charge < -0.3 is 4.74 Å². The maximum absolute atomic E-state index is 10.9. The van der Waals surface area contributed by atoms with Crippen LogP contribution in [-0.2, 0) is 11.3 Å². The Hall–Kier alpha value is -1.83. The number of hydrogen-bond donors (Lipinski definition) is 0. The Morgan fingerprint density at radius 3 is 3.25 bits per heavy atom. The first kappa shape index (κ1) is 8.27. The lowest BCUT2D eigenvalue weighted by Crippen LogP contribution is -1.99. The first-order valence-corrected chi connectivity index (χ1v) is 3.25. The van der Waals surface area contributed by atoms with E-state index in [2.05, 4.69) is 9.84 Å². The molecule has 5 nitrogen and oxygen atoms in total. The highest BCUT2D eigenvalue weighted by Crippen LogP contribution is 1.98. The number of rotatable bonds is 2. The van der Waals surface area contributed by atoms with Gasteiger partial charge in [-0.1, -0.05) is 0 Å². The van der Waals surface area contributed by atoms with Crippen LogP contribution in [0.4, 0.5) is 0 Å².